The molecule has 0 unspecified atom stereocenters. The maximum atomic E-state index is 10.6. The molecule has 0 spiro atoms. The summed E-state index contributed by atoms with van der Waals surface area (Å²) >= 11 is 1.43. The van der Waals surface area contributed by atoms with Crippen molar-refractivity contribution < 1.29 is 9.34 Å². The number of hydrogen-bond donors (Lipinski definition) is 1. The molecule has 1 aromatic heterocycles. The van der Waals surface area contributed by atoms with Gasteiger partial charge < -0.3 is 10.2 Å². The van der Waals surface area contributed by atoms with Crippen molar-refractivity contribution in [3.8, 4) is 0 Å². The summed E-state index contributed by atoms with van der Waals surface area (Å²) in [7, 11) is 0. The summed E-state index contributed by atoms with van der Waals surface area (Å²) in [5, 5.41) is 10.6. The van der Waals surface area contributed by atoms with Crippen molar-refractivity contribution in [3.63, 3.8) is 0 Å². The van der Waals surface area contributed by atoms with Gasteiger partial charge in [-0.25, -0.2) is 0 Å². The molecule has 2 rings (SSSR count). The summed E-state index contributed by atoms with van der Waals surface area (Å²) < 4.78 is 5.17. The maximum Gasteiger partial charge on any atom is 0.271 e. The minimum atomic E-state index is -0.464. The first-order chi connectivity index (χ1) is 8.08. The molecule has 1 heterocycles. The van der Waals surface area contributed by atoms with E-state index in [1.165, 1.54) is 23.9 Å². The van der Waals surface area contributed by atoms with E-state index in [4.69, 9.17) is 10.2 Å². The highest BCUT2D eigenvalue weighted by atomic mass is 32.2. The lowest BCUT2D eigenvalue weighted by atomic mass is 10.3. The van der Waals surface area contributed by atoms with Crippen LogP contribution in [0.1, 0.15) is 5.76 Å². The van der Waals surface area contributed by atoms with Gasteiger partial charge in [0.05, 0.1) is 21.8 Å². The summed E-state index contributed by atoms with van der Waals surface area (Å²) in [6.45, 7) is 1.85. The molecule has 0 aliphatic carbocycles. The Morgan fingerprint density at radius 3 is 2.65 bits per heavy atom. The fourth-order valence-corrected chi connectivity index (χ4v) is 2.21. The van der Waals surface area contributed by atoms with E-state index in [0.29, 0.717) is 5.69 Å². The molecule has 2 N–H and O–H groups in total. The molecular formula is C11H10N2O3S. The largest absolute Gasteiger partial charge is 0.468 e. The molecule has 2 aromatic rings. The number of rotatable bonds is 3. The van der Waals surface area contributed by atoms with Crippen molar-refractivity contribution in [1.82, 2.24) is 0 Å². The van der Waals surface area contributed by atoms with Crippen molar-refractivity contribution in [2.75, 3.05) is 5.73 Å². The van der Waals surface area contributed by atoms with Gasteiger partial charge in [0.25, 0.3) is 5.69 Å². The normalized spacial score (nSPS) is 10.4. The van der Waals surface area contributed by atoms with Crippen LogP contribution in [0.2, 0.25) is 0 Å². The van der Waals surface area contributed by atoms with E-state index in [-0.39, 0.29) is 5.69 Å². The van der Waals surface area contributed by atoms with Crippen LogP contribution in [0, 0.1) is 17.0 Å². The Balaban J connectivity index is 2.29. The number of non-ortho nitro benzene ring substituents is 1. The molecule has 17 heavy (non-hydrogen) atoms. The Morgan fingerprint density at radius 2 is 2.12 bits per heavy atom. The third-order valence-corrected chi connectivity index (χ3v) is 3.47. The Kier molecular flexibility index (Phi) is 3.06. The third kappa shape index (κ3) is 2.42. The first kappa shape index (κ1) is 11.5. The lowest BCUT2D eigenvalue weighted by molar-refractivity contribution is -0.384. The summed E-state index contributed by atoms with van der Waals surface area (Å²) in [6.07, 6.45) is 1.60. The highest BCUT2D eigenvalue weighted by molar-refractivity contribution is 7.99. The standard InChI is InChI=1S/C11H10N2O3S/c1-7-10(4-5-16-7)17-11-3-2-8(13(14)15)6-9(11)12/h2-6H,12H2,1H3. The van der Waals surface area contributed by atoms with E-state index in [2.05, 4.69) is 0 Å². The zero-order valence-electron chi connectivity index (χ0n) is 9.04. The fourth-order valence-electron chi connectivity index (χ4n) is 1.34. The Labute approximate surface area is 102 Å². The Bertz CT molecular complexity index is 566. The first-order valence-electron chi connectivity index (χ1n) is 4.84. The van der Waals surface area contributed by atoms with Crippen LogP contribution >= 0.6 is 11.8 Å². The summed E-state index contributed by atoms with van der Waals surface area (Å²) in [5.74, 6) is 0.799. The molecule has 88 valence electrons. The summed E-state index contributed by atoms with van der Waals surface area (Å²) in [4.78, 5) is 11.8. The molecule has 0 aliphatic heterocycles. The highest BCUT2D eigenvalue weighted by Gasteiger charge is 2.11. The fraction of sp³-hybridized carbons (Fsp3) is 0.0909. The average Bonchev–Trinajstić information content (AvgIpc) is 2.67. The van der Waals surface area contributed by atoms with Crippen LogP contribution in [0.25, 0.3) is 0 Å². The number of aryl methyl sites for hydroxylation is 1. The number of benzene rings is 1. The Hall–Kier alpha value is -1.95. The molecule has 0 saturated heterocycles. The van der Waals surface area contributed by atoms with Gasteiger partial charge in [-0.2, -0.15) is 0 Å². The van der Waals surface area contributed by atoms with Crippen molar-refractivity contribution in [1.29, 1.82) is 0 Å². The van der Waals surface area contributed by atoms with Gasteiger partial charge in [-0.05, 0) is 19.1 Å². The smallest absolute Gasteiger partial charge is 0.271 e. The number of nitrogens with two attached hydrogens (primary N) is 1. The Morgan fingerprint density at radius 1 is 1.35 bits per heavy atom. The molecule has 0 saturated carbocycles. The minimum absolute atomic E-state index is 0.00392. The van der Waals surface area contributed by atoms with Crippen LogP contribution in [0.15, 0.2) is 44.7 Å². The maximum absolute atomic E-state index is 10.6. The predicted molar refractivity (Wildman–Crippen MR) is 65.1 cm³/mol. The second-order valence-electron chi connectivity index (χ2n) is 3.42. The van der Waals surface area contributed by atoms with Gasteiger partial charge >= 0.3 is 0 Å². The first-order valence-corrected chi connectivity index (χ1v) is 5.65. The molecule has 6 heteroatoms. The number of nitrogens with zero attached hydrogens (tertiary/aromatic N) is 1. The molecule has 1 aromatic carbocycles. The van der Waals surface area contributed by atoms with Gasteiger partial charge in [-0.1, -0.05) is 11.8 Å². The second kappa shape index (κ2) is 4.50. The highest BCUT2D eigenvalue weighted by Crippen LogP contribution is 2.35. The van der Waals surface area contributed by atoms with E-state index < -0.39 is 4.92 Å². The van der Waals surface area contributed by atoms with Crippen LogP contribution < -0.4 is 5.73 Å². The molecule has 0 aliphatic rings. The zero-order valence-corrected chi connectivity index (χ0v) is 9.86. The lowest BCUT2D eigenvalue weighted by Gasteiger charge is -2.03. The quantitative estimate of drug-likeness (QED) is 0.513. The third-order valence-electron chi connectivity index (χ3n) is 2.24. The topological polar surface area (TPSA) is 82.3 Å². The monoisotopic (exact) mass is 250 g/mol. The molecule has 5 nitrogen and oxygen atoms in total. The molecule has 0 radical (unpaired) electrons. The molecule has 0 bridgehead atoms. The van der Waals surface area contributed by atoms with Crippen molar-refractivity contribution in [3.05, 3.63) is 46.4 Å². The minimum Gasteiger partial charge on any atom is -0.468 e. The van der Waals surface area contributed by atoms with Gasteiger partial charge in [-0.3, -0.25) is 10.1 Å². The number of nitro groups is 1. The van der Waals surface area contributed by atoms with E-state index in [1.54, 1.807) is 12.3 Å². The lowest BCUT2D eigenvalue weighted by Crippen LogP contribution is -1.93. The SMILES string of the molecule is Cc1occc1Sc1ccc([N+](=O)[O-])cc1N. The molecule has 0 amide bonds. The van der Waals surface area contributed by atoms with Gasteiger partial charge in [-0.15, -0.1) is 0 Å². The van der Waals surface area contributed by atoms with Crippen molar-refractivity contribution >= 4 is 23.1 Å². The second-order valence-corrected chi connectivity index (χ2v) is 4.51. The van der Waals surface area contributed by atoms with Crippen LogP contribution in [-0.4, -0.2) is 4.92 Å². The number of anilines is 1. The predicted octanol–water partition coefficient (Wildman–Crippen LogP) is 3.23. The van der Waals surface area contributed by atoms with E-state index in [9.17, 15) is 10.1 Å². The van der Waals surface area contributed by atoms with Gasteiger partial charge in [0.1, 0.15) is 5.76 Å². The van der Waals surface area contributed by atoms with Gasteiger partial charge in [0.15, 0.2) is 0 Å². The molecule has 0 fully saturated rings. The number of furan rings is 1. The van der Waals surface area contributed by atoms with E-state index in [0.717, 1.165) is 15.6 Å². The summed E-state index contributed by atoms with van der Waals surface area (Å²) in [5.41, 5.74) is 6.16. The van der Waals surface area contributed by atoms with Crippen LogP contribution in [0.3, 0.4) is 0 Å². The van der Waals surface area contributed by atoms with Crippen molar-refractivity contribution in [2.45, 2.75) is 16.7 Å². The van der Waals surface area contributed by atoms with Crippen LogP contribution in [0.5, 0.6) is 0 Å². The average molecular weight is 250 g/mol. The van der Waals surface area contributed by atoms with Gasteiger partial charge in [0, 0.05) is 17.0 Å². The van der Waals surface area contributed by atoms with Crippen molar-refractivity contribution in [2.24, 2.45) is 0 Å². The van der Waals surface area contributed by atoms with E-state index >= 15 is 0 Å². The summed E-state index contributed by atoms with van der Waals surface area (Å²) in [6, 6.07) is 6.28. The zero-order chi connectivity index (χ0) is 12.4. The van der Waals surface area contributed by atoms with Gasteiger partial charge in [0.2, 0.25) is 0 Å². The van der Waals surface area contributed by atoms with E-state index in [1.807, 2.05) is 13.0 Å². The molecule has 0 atom stereocenters. The molecular weight excluding hydrogens is 240 g/mol. The number of hydrogen-bond acceptors (Lipinski definition) is 5. The van der Waals surface area contributed by atoms with Crippen LogP contribution in [-0.2, 0) is 0 Å². The number of nitro benzene ring substituents is 1. The van der Waals surface area contributed by atoms with Crippen LogP contribution in [0.4, 0.5) is 11.4 Å². The number of nitrogen functional groups attached to an aromatic ring is 1.